The third kappa shape index (κ3) is 2.48. The maximum absolute atomic E-state index is 9.66. The molecule has 2 unspecified atom stereocenters. The molecule has 1 rings (SSSR count). The van der Waals surface area contributed by atoms with E-state index >= 15 is 0 Å². The number of hydrogen-bond donors (Lipinski definition) is 1. The molecule has 14 heavy (non-hydrogen) atoms. The maximum atomic E-state index is 9.66. The summed E-state index contributed by atoms with van der Waals surface area (Å²) in [4.78, 5) is 2.54. The minimum absolute atomic E-state index is 0.134. The molecule has 0 aromatic heterocycles. The Balaban J connectivity index is 2.61. The van der Waals surface area contributed by atoms with Gasteiger partial charge in [-0.1, -0.05) is 13.3 Å². The van der Waals surface area contributed by atoms with Gasteiger partial charge >= 0.3 is 0 Å². The first-order chi connectivity index (χ1) is 6.46. The van der Waals surface area contributed by atoms with Crippen LogP contribution in [0.4, 0.5) is 0 Å². The van der Waals surface area contributed by atoms with Crippen molar-refractivity contribution < 1.29 is 5.11 Å². The third-order valence-electron chi connectivity index (χ3n) is 4.01. The van der Waals surface area contributed by atoms with Crippen molar-refractivity contribution >= 4 is 0 Å². The highest BCUT2D eigenvalue weighted by molar-refractivity contribution is 4.90. The van der Waals surface area contributed by atoms with Crippen molar-refractivity contribution in [3.05, 3.63) is 0 Å². The molecular weight excluding hydrogens is 174 g/mol. The van der Waals surface area contributed by atoms with Crippen molar-refractivity contribution in [1.82, 2.24) is 4.90 Å². The van der Waals surface area contributed by atoms with Crippen LogP contribution in [0.15, 0.2) is 0 Å². The molecule has 0 aromatic rings. The molecule has 0 amide bonds. The van der Waals surface area contributed by atoms with E-state index in [0.717, 1.165) is 0 Å². The lowest BCUT2D eigenvalue weighted by Crippen LogP contribution is -2.53. The van der Waals surface area contributed by atoms with Crippen LogP contribution < -0.4 is 0 Å². The van der Waals surface area contributed by atoms with Crippen LogP contribution in [-0.4, -0.2) is 34.7 Å². The highest BCUT2D eigenvalue weighted by atomic mass is 16.3. The number of piperidine rings is 1. The second kappa shape index (κ2) is 4.63. The van der Waals surface area contributed by atoms with Gasteiger partial charge in [0.05, 0.1) is 6.10 Å². The molecule has 0 radical (unpaired) electrons. The smallest absolute Gasteiger partial charge is 0.0555 e. The summed E-state index contributed by atoms with van der Waals surface area (Å²) in [6, 6.07) is 0. The number of aliphatic hydroxyl groups excluding tert-OH is 1. The third-order valence-corrected chi connectivity index (χ3v) is 4.01. The van der Waals surface area contributed by atoms with Crippen LogP contribution >= 0.6 is 0 Å². The number of rotatable bonds is 3. The van der Waals surface area contributed by atoms with Gasteiger partial charge in [-0.25, -0.2) is 0 Å². The fourth-order valence-electron chi connectivity index (χ4n) is 2.35. The molecule has 0 saturated carbocycles. The first-order valence-corrected chi connectivity index (χ1v) is 5.89. The average Bonchev–Trinajstić information content (AvgIpc) is 2.18. The molecule has 1 heterocycles. The predicted octanol–water partition coefficient (Wildman–Crippen LogP) is 2.27. The van der Waals surface area contributed by atoms with Crippen LogP contribution in [0.3, 0.4) is 0 Å². The Morgan fingerprint density at radius 3 is 2.00 bits per heavy atom. The van der Waals surface area contributed by atoms with E-state index in [2.05, 4.69) is 25.7 Å². The number of likely N-dealkylation sites (tertiary alicyclic amines) is 1. The van der Waals surface area contributed by atoms with Crippen LogP contribution in [0.5, 0.6) is 0 Å². The first kappa shape index (κ1) is 12.0. The van der Waals surface area contributed by atoms with Crippen LogP contribution in [0.1, 0.15) is 47.0 Å². The molecular formula is C12H25NO. The molecule has 2 nitrogen and oxygen atoms in total. The van der Waals surface area contributed by atoms with E-state index in [-0.39, 0.29) is 11.6 Å². The fraction of sp³-hybridized carbons (Fsp3) is 1.00. The summed E-state index contributed by atoms with van der Waals surface area (Å²) < 4.78 is 0. The predicted molar refractivity (Wildman–Crippen MR) is 60.3 cm³/mol. The van der Waals surface area contributed by atoms with E-state index in [1.807, 2.05) is 6.92 Å². The highest BCUT2D eigenvalue weighted by Crippen LogP contribution is 2.29. The number of nitrogens with zero attached hydrogens (tertiary/aromatic N) is 1. The Kier molecular flexibility index (Phi) is 3.96. The largest absolute Gasteiger partial charge is 0.393 e. The van der Waals surface area contributed by atoms with Gasteiger partial charge in [-0.15, -0.1) is 0 Å². The summed E-state index contributed by atoms with van der Waals surface area (Å²) in [7, 11) is 0. The summed E-state index contributed by atoms with van der Waals surface area (Å²) in [6.07, 6.45) is 3.79. The van der Waals surface area contributed by atoms with Gasteiger partial charge in [-0.2, -0.15) is 0 Å². The van der Waals surface area contributed by atoms with E-state index in [1.165, 1.54) is 32.4 Å². The molecule has 1 fully saturated rings. The van der Waals surface area contributed by atoms with E-state index in [0.29, 0.717) is 5.92 Å². The second-order valence-electron chi connectivity index (χ2n) is 5.23. The van der Waals surface area contributed by atoms with Gasteiger partial charge in [-0.05, 0) is 52.6 Å². The summed E-state index contributed by atoms with van der Waals surface area (Å²) in [5.74, 6) is 0.334. The number of aliphatic hydroxyl groups is 1. The quantitative estimate of drug-likeness (QED) is 0.753. The summed E-state index contributed by atoms with van der Waals surface area (Å²) in [5, 5.41) is 9.66. The van der Waals surface area contributed by atoms with Gasteiger partial charge in [0.1, 0.15) is 0 Å². The number of hydrogen-bond acceptors (Lipinski definition) is 2. The zero-order chi connectivity index (χ0) is 10.8. The van der Waals surface area contributed by atoms with Crippen molar-refractivity contribution in [3.63, 3.8) is 0 Å². The van der Waals surface area contributed by atoms with Gasteiger partial charge in [0, 0.05) is 5.54 Å². The molecule has 1 N–H and O–H groups in total. The molecule has 1 saturated heterocycles. The van der Waals surface area contributed by atoms with Crippen molar-refractivity contribution in [2.45, 2.75) is 58.6 Å². The standard InChI is InChI=1S/C12H25NO/c1-10(11(2)14)12(3,4)13-8-6-5-7-9-13/h10-11,14H,5-9H2,1-4H3. The van der Waals surface area contributed by atoms with E-state index in [1.54, 1.807) is 0 Å². The van der Waals surface area contributed by atoms with Crippen LogP contribution in [-0.2, 0) is 0 Å². The maximum Gasteiger partial charge on any atom is 0.0555 e. The van der Waals surface area contributed by atoms with Gasteiger partial charge in [-0.3, -0.25) is 4.90 Å². The Bertz CT molecular complexity index is 171. The van der Waals surface area contributed by atoms with E-state index in [4.69, 9.17) is 0 Å². The normalized spacial score (nSPS) is 24.6. The lowest BCUT2D eigenvalue weighted by Gasteiger charge is -2.45. The van der Waals surface area contributed by atoms with Crippen molar-refractivity contribution in [3.8, 4) is 0 Å². The van der Waals surface area contributed by atoms with Crippen molar-refractivity contribution in [2.24, 2.45) is 5.92 Å². The fourth-order valence-corrected chi connectivity index (χ4v) is 2.35. The zero-order valence-electron chi connectivity index (χ0n) is 10.1. The monoisotopic (exact) mass is 199 g/mol. The summed E-state index contributed by atoms with van der Waals surface area (Å²) in [6.45, 7) is 11.0. The zero-order valence-corrected chi connectivity index (χ0v) is 10.1. The van der Waals surface area contributed by atoms with Crippen LogP contribution in [0.2, 0.25) is 0 Å². The SMILES string of the molecule is CC(O)C(C)C(C)(C)N1CCCCC1. The molecule has 2 atom stereocenters. The molecule has 0 spiro atoms. The molecule has 84 valence electrons. The molecule has 0 aromatic carbocycles. The second-order valence-corrected chi connectivity index (χ2v) is 5.23. The van der Waals surface area contributed by atoms with Gasteiger partial charge in [0.25, 0.3) is 0 Å². The molecule has 0 bridgehead atoms. The lowest BCUT2D eigenvalue weighted by atomic mass is 9.82. The summed E-state index contributed by atoms with van der Waals surface area (Å²) >= 11 is 0. The van der Waals surface area contributed by atoms with Gasteiger partial charge < -0.3 is 5.11 Å². The molecule has 1 aliphatic heterocycles. The summed E-state index contributed by atoms with van der Waals surface area (Å²) in [5.41, 5.74) is 0.134. The Morgan fingerprint density at radius 1 is 1.07 bits per heavy atom. The molecule has 1 aliphatic rings. The van der Waals surface area contributed by atoms with Gasteiger partial charge in [0.15, 0.2) is 0 Å². The lowest BCUT2D eigenvalue weighted by molar-refractivity contribution is -0.00531. The van der Waals surface area contributed by atoms with E-state index < -0.39 is 0 Å². The Hall–Kier alpha value is -0.0800. The minimum Gasteiger partial charge on any atom is -0.393 e. The topological polar surface area (TPSA) is 23.5 Å². The Morgan fingerprint density at radius 2 is 1.57 bits per heavy atom. The Labute approximate surface area is 88.3 Å². The van der Waals surface area contributed by atoms with Gasteiger partial charge in [0.2, 0.25) is 0 Å². The van der Waals surface area contributed by atoms with Crippen LogP contribution in [0.25, 0.3) is 0 Å². The average molecular weight is 199 g/mol. The minimum atomic E-state index is -0.216. The molecule has 0 aliphatic carbocycles. The van der Waals surface area contributed by atoms with Crippen molar-refractivity contribution in [1.29, 1.82) is 0 Å². The van der Waals surface area contributed by atoms with Crippen LogP contribution in [0, 0.1) is 5.92 Å². The highest BCUT2D eigenvalue weighted by Gasteiger charge is 2.35. The molecule has 2 heteroatoms. The van der Waals surface area contributed by atoms with Crippen molar-refractivity contribution in [2.75, 3.05) is 13.1 Å². The van der Waals surface area contributed by atoms with E-state index in [9.17, 15) is 5.11 Å². The first-order valence-electron chi connectivity index (χ1n) is 5.89.